The third-order valence-electron chi connectivity index (χ3n) is 2.28. The van der Waals surface area contributed by atoms with E-state index < -0.39 is 0 Å². The first-order valence-corrected chi connectivity index (χ1v) is 4.91. The molecule has 1 aromatic carbocycles. The number of amides is 1. The van der Waals surface area contributed by atoms with Crippen molar-refractivity contribution in [3.63, 3.8) is 0 Å². The maximum absolute atomic E-state index is 11.7. The summed E-state index contributed by atoms with van der Waals surface area (Å²) in [6.45, 7) is 0. The molecule has 0 unspecified atom stereocenters. The van der Waals surface area contributed by atoms with Gasteiger partial charge < -0.3 is 11.1 Å². The number of carbonyl (C=O) groups is 1. The van der Waals surface area contributed by atoms with Gasteiger partial charge >= 0.3 is 0 Å². The molecule has 1 aromatic rings. The molecule has 0 atom stereocenters. The van der Waals surface area contributed by atoms with Crippen LogP contribution in [-0.2, 0) is 4.79 Å². The maximum Gasteiger partial charge on any atom is 0.257 e. The monoisotopic (exact) mass is 229 g/mol. The average molecular weight is 229 g/mol. The van der Waals surface area contributed by atoms with Crippen LogP contribution in [-0.4, -0.2) is 10.9 Å². The highest BCUT2D eigenvalue weighted by molar-refractivity contribution is 7.80. The summed E-state index contributed by atoms with van der Waals surface area (Å²) in [5.74, 6) is -0.342. The lowest BCUT2D eigenvalue weighted by Crippen LogP contribution is -2.15. The van der Waals surface area contributed by atoms with Crippen LogP contribution in [0.15, 0.2) is 29.8 Å². The van der Waals surface area contributed by atoms with Crippen LogP contribution in [0.1, 0.15) is 5.56 Å². The summed E-state index contributed by atoms with van der Waals surface area (Å²) >= 11 is 4.75. The van der Waals surface area contributed by atoms with E-state index in [9.17, 15) is 4.79 Å². The number of anilines is 1. The normalized spacial score (nSPS) is 16.1. The Kier molecular flexibility index (Phi) is 2.43. The first-order valence-electron chi connectivity index (χ1n) is 4.50. The number of rotatable bonds is 1. The molecule has 0 radical (unpaired) electrons. The fourth-order valence-corrected chi connectivity index (χ4v) is 1.75. The number of para-hydroxylation sites is 1. The van der Waals surface area contributed by atoms with Crippen molar-refractivity contribution in [1.29, 1.82) is 5.26 Å². The molecule has 0 saturated carbocycles. The Morgan fingerprint density at radius 1 is 1.44 bits per heavy atom. The molecule has 3 N–H and O–H groups in total. The molecule has 0 fully saturated rings. The zero-order valence-corrected chi connectivity index (χ0v) is 8.97. The molecule has 5 heteroatoms. The number of fused-ring (bicyclic) bond motifs is 1. The summed E-state index contributed by atoms with van der Waals surface area (Å²) in [7, 11) is 0. The van der Waals surface area contributed by atoms with Crippen molar-refractivity contribution in [2.45, 2.75) is 0 Å². The maximum atomic E-state index is 11.7. The molecule has 0 aromatic heterocycles. The van der Waals surface area contributed by atoms with Crippen molar-refractivity contribution < 1.29 is 4.79 Å². The number of benzene rings is 1. The van der Waals surface area contributed by atoms with Crippen LogP contribution in [0.25, 0.3) is 5.57 Å². The molecule has 4 nitrogen and oxygen atoms in total. The number of hydrogen-bond acceptors (Lipinski definition) is 3. The molecule has 1 heterocycles. The van der Waals surface area contributed by atoms with E-state index in [1.54, 1.807) is 24.3 Å². The molecule has 0 aliphatic carbocycles. The fourth-order valence-electron chi connectivity index (χ4n) is 1.60. The Morgan fingerprint density at radius 3 is 2.75 bits per heavy atom. The highest BCUT2D eigenvalue weighted by Crippen LogP contribution is 2.33. The summed E-state index contributed by atoms with van der Waals surface area (Å²) < 4.78 is 0. The SMILES string of the molecule is N#CC(C(N)=S)=C1C(=O)Nc2ccccc21. The molecule has 0 saturated heterocycles. The Balaban J connectivity index is 2.72. The van der Waals surface area contributed by atoms with Gasteiger partial charge in [0.1, 0.15) is 11.1 Å². The minimum absolute atomic E-state index is 0.0532. The molecular formula is C11H7N3OS. The largest absolute Gasteiger partial charge is 0.389 e. The Labute approximate surface area is 97.4 Å². The van der Waals surface area contributed by atoms with Gasteiger partial charge in [-0.25, -0.2) is 0 Å². The van der Waals surface area contributed by atoms with E-state index in [4.69, 9.17) is 23.2 Å². The molecule has 0 bridgehead atoms. The number of hydrogen-bond donors (Lipinski definition) is 2. The van der Waals surface area contributed by atoms with Crippen molar-refractivity contribution in [3.8, 4) is 6.07 Å². The van der Waals surface area contributed by atoms with Crippen LogP contribution < -0.4 is 11.1 Å². The summed E-state index contributed by atoms with van der Waals surface area (Å²) in [4.78, 5) is 11.6. The van der Waals surface area contributed by atoms with E-state index in [0.717, 1.165) is 0 Å². The lowest BCUT2D eigenvalue weighted by Gasteiger charge is -2.00. The molecule has 78 valence electrons. The van der Waals surface area contributed by atoms with Crippen molar-refractivity contribution in [2.75, 3.05) is 5.32 Å². The second-order valence-electron chi connectivity index (χ2n) is 3.23. The van der Waals surface area contributed by atoms with Crippen LogP contribution in [0.2, 0.25) is 0 Å². The van der Waals surface area contributed by atoms with E-state index in [1.807, 2.05) is 6.07 Å². The number of nitrogens with one attached hydrogen (secondary N) is 1. The molecular weight excluding hydrogens is 222 g/mol. The van der Waals surface area contributed by atoms with Gasteiger partial charge in [0, 0.05) is 11.3 Å². The molecule has 1 amide bonds. The van der Waals surface area contributed by atoms with Crippen molar-refractivity contribution in [1.82, 2.24) is 0 Å². The quantitative estimate of drug-likeness (QED) is 0.431. The van der Waals surface area contributed by atoms with Gasteiger partial charge in [0.2, 0.25) is 0 Å². The molecule has 0 spiro atoms. The highest BCUT2D eigenvalue weighted by atomic mass is 32.1. The number of carbonyl (C=O) groups excluding carboxylic acids is 1. The smallest absolute Gasteiger partial charge is 0.257 e. The first-order chi connectivity index (χ1) is 7.65. The minimum Gasteiger partial charge on any atom is -0.389 e. The Hall–Kier alpha value is -2.19. The van der Waals surface area contributed by atoms with Crippen LogP contribution in [0.5, 0.6) is 0 Å². The standard InChI is InChI=1S/C11H7N3OS/c12-5-7(10(13)16)9-6-3-1-2-4-8(6)14-11(9)15/h1-4H,(H2,13,16)(H,14,15). The van der Waals surface area contributed by atoms with Gasteiger partial charge in [-0.3, -0.25) is 4.79 Å². The van der Waals surface area contributed by atoms with E-state index in [0.29, 0.717) is 11.3 Å². The van der Waals surface area contributed by atoms with Gasteiger partial charge in [-0.15, -0.1) is 0 Å². The summed E-state index contributed by atoms with van der Waals surface area (Å²) in [5, 5.41) is 11.6. The second kappa shape index (κ2) is 3.76. The fraction of sp³-hybridized carbons (Fsp3) is 0. The zero-order valence-electron chi connectivity index (χ0n) is 8.15. The van der Waals surface area contributed by atoms with E-state index in [-0.39, 0.29) is 22.0 Å². The van der Waals surface area contributed by atoms with Crippen LogP contribution in [0.4, 0.5) is 5.69 Å². The third-order valence-corrected chi connectivity index (χ3v) is 2.48. The average Bonchev–Trinajstić information content (AvgIpc) is 2.57. The van der Waals surface area contributed by atoms with Crippen molar-refractivity contribution in [2.24, 2.45) is 5.73 Å². The predicted molar refractivity (Wildman–Crippen MR) is 64.4 cm³/mol. The first kappa shape index (κ1) is 10.3. The zero-order chi connectivity index (χ0) is 11.7. The van der Waals surface area contributed by atoms with E-state index >= 15 is 0 Å². The summed E-state index contributed by atoms with van der Waals surface area (Å²) in [6.07, 6.45) is 0. The third kappa shape index (κ3) is 1.45. The van der Waals surface area contributed by atoms with Gasteiger partial charge in [-0.2, -0.15) is 5.26 Å². The van der Waals surface area contributed by atoms with E-state index in [1.165, 1.54) is 0 Å². The van der Waals surface area contributed by atoms with Crippen molar-refractivity contribution >= 4 is 34.4 Å². The number of nitriles is 1. The number of nitrogens with zero attached hydrogens (tertiary/aromatic N) is 1. The second-order valence-corrected chi connectivity index (χ2v) is 3.67. The topological polar surface area (TPSA) is 78.9 Å². The number of nitrogens with two attached hydrogens (primary N) is 1. The molecule has 16 heavy (non-hydrogen) atoms. The number of thiocarbonyl (C=S) groups is 1. The lowest BCUT2D eigenvalue weighted by molar-refractivity contribution is -0.110. The van der Waals surface area contributed by atoms with Crippen LogP contribution >= 0.6 is 12.2 Å². The van der Waals surface area contributed by atoms with Crippen LogP contribution in [0.3, 0.4) is 0 Å². The Bertz CT molecular complexity index is 569. The van der Waals surface area contributed by atoms with Crippen molar-refractivity contribution in [3.05, 3.63) is 35.4 Å². The van der Waals surface area contributed by atoms with Gasteiger partial charge in [0.25, 0.3) is 5.91 Å². The van der Waals surface area contributed by atoms with Gasteiger partial charge in [0.05, 0.1) is 11.1 Å². The molecule has 1 aliphatic rings. The minimum atomic E-state index is -0.342. The lowest BCUT2D eigenvalue weighted by atomic mass is 10.0. The molecule has 2 rings (SSSR count). The van der Waals surface area contributed by atoms with Gasteiger partial charge in [-0.05, 0) is 6.07 Å². The van der Waals surface area contributed by atoms with E-state index in [2.05, 4.69) is 5.32 Å². The summed E-state index contributed by atoms with van der Waals surface area (Å²) in [6, 6.07) is 8.96. The predicted octanol–water partition coefficient (Wildman–Crippen LogP) is 1.20. The van der Waals surface area contributed by atoms with Gasteiger partial charge in [0.15, 0.2) is 0 Å². The molecule has 1 aliphatic heterocycles. The van der Waals surface area contributed by atoms with Crippen LogP contribution in [0, 0.1) is 11.3 Å². The summed E-state index contributed by atoms with van der Waals surface area (Å²) in [5.41, 5.74) is 7.06. The highest BCUT2D eigenvalue weighted by Gasteiger charge is 2.27. The van der Waals surface area contributed by atoms with Gasteiger partial charge in [-0.1, -0.05) is 30.4 Å². The Morgan fingerprint density at radius 2 is 2.12 bits per heavy atom.